The highest BCUT2D eigenvalue weighted by molar-refractivity contribution is 6.31. The van der Waals surface area contributed by atoms with Gasteiger partial charge >= 0.3 is 0 Å². The molecular formula is C10H12ClN. The highest BCUT2D eigenvalue weighted by Crippen LogP contribution is 2.24. The van der Waals surface area contributed by atoms with Crippen molar-refractivity contribution in [3.8, 4) is 0 Å². The lowest BCUT2D eigenvalue weighted by molar-refractivity contribution is 1.10. The number of hydrogen-bond donors (Lipinski definition) is 0. The summed E-state index contributed by atoms with van der Waals surface area (Å²) in [5.74, 6) is 0. The molecule has 0 radical (unpaired) electrons. The van der Waals surface area contributed by atoms with Gasteiger partial charge in [-0.1, -0.05) is 25.1 Å². The summed E-state index contributed by atoms with van der Waals surface area (Å²) in [5, 5.41) is 0.557. The second-order valence-corrected chi connectivity index (χ2v) is 3.13. The zero-order valence-corrected chi connectivity index (χ0v) is 8.15. The van der Waals surface area contributed by atoms with Crippen LogP contribution < -0.4 is 0 Å². The molecule has 0 amide bonds. The number of aromatic nitrogens is 1. The summed E-state index contributed by atoms with van der Waals surface area (Å²) in [7, 11) is 0. The largest absolute Gasteiger partial charge is 0.244 e. The number of hydrogen-bond acceptors (Lipinski definition) is 1. The fraction of sp³-hybridized carbons (Fsp3) is 0.300. The molecule has 1 aromatic rings. The average Bonchev–Trinajstić information content (AvgIpc) is 2.03. The van der Waals surface area contributed by atoms with Crippen LogP contribution in [0.1, 0.15) is 25.0 Å². The Labute approximate surface area is 78.1 Å². The van der Waals surface area contributed by atoms with E-state index in [4.69, 9.17) is 11.6 Å². The van der Waals surface area contributed by atoms with Crippen LogP contribution in [0, 0.1) is 0 Å². The van der Waals surface area contributed by atoms with E-state index in [1.54, 1.807) is 6.20 Å². The van der Waals surface area contributed by atoms with Gasteiger partial charge in [-0.25, -0.2) is 4.98 Å². The second-order valence-electron chi connectivity index (χ2n) is 2.77. The summed E-state index contributed by atoms with van der Waals surface area (Å²) in [5.41, 5.74) is 3.19. The number of pyridine rings is 1. The molecule has 0 atom stereocenters. The van der Waals surface area contributed by atoms with Gasteiger partial charge in [0.25, 0.3) is 0 Å². The van der Waals surface area contributed by atoms with Gasteiger partial charge in [0.15, 0.2) is 0 Å². The Kier molecular flexibility index (Phi) is 2.88. The molecule has 0 spiro atoms. The van der Waals surface area contributed by atoms with Gasteiger partial charge in [0, 0.05) is 11.8 Å². The molecule has 0 aliphatic rings. The summed E-state index contributed by atoms with van der Waals surface area (Å²) >= 11 is 5.93. The molecule has 0 saturated carbocycles. The van der Waals surface area contributed by atoms with E-state index in [2.05, 4.69) is 18.5 Å². The second kappa shape index (κ2) is 3.72. The molecule has 0 aliphatic carbocycles. The molecule has 0 bridgehead atoms. The predicted octanol–water partition coefficient (Wildman–Crippen LogP) is 3.33. The highest BCUT2D eigenvalue weighted by atomic mass is 35.5. The Morgan fingerprint density at radius 1 is 1.67 bits per heavy atom. The van der Waals surface area contributed by atoms with Crippen molar-refractivity contribution in [2.24, 2.45) is 0 Å². The van der Waals surface area contributed by atoms with Crippen LogP contribution in [0.4, 0.5) is 0 Å². The Morgan fingerprint density at radius 3 is 2.75 bits per heavy atom. The van der Waals surface area contributed by atoms with Crippen LogP contribution in [-0.2, 0) is 6.42 Å². The first-order chi connectivity index (χ1) is 5.66. The lowest BCUT2D eigenvalue weighted by Crippen LogP contribution is -1.92. The standard InChI is InChI=1S/C10H12ClN/c1-4-8-5-6-12-10(11)9(8)7(2)3/h5-6H,2,4H2,1,3H3. The smallest absolute Gasteiger partial charge is 0.136 e. The molecule has 2 heteroatoms. The van der Waals surface area contributed by atoms with Crippen LogP contribution in [0.3, 0.4) is 0 Å². The fourth-order valence-corrected chi connectivity index (χ4v) is 1.56. The van der Waals surface area contributed by atoms with Crippen LogP contribution in [-0.4, -0.2) is 4.98 Å². The lowest BCUT2D eigenvalue weighted by Gasteiger charge is -2.07. The van der Waals surface area contributed by atoms with Crippen molar-refractivity contribution in [2.45, 2.75) is 20.3 Å². The number of halogens is 1. The van der Waals surface area contributed by atoms with Crippen LogP contribution in [0.2, 0.25) is 5.15 Å². The minimum Gasteiger partial charge on any atom is -0.244 e. The zero-order valence-electron chi connectivity index (χ0n) is 7.39. The summed E-state index contributed by atoms with van der Waals surface area (Å²) < 4.78 is 0. The summed E-state index contributed by atoms with van der Waals surface area (Å²) in [4.78, 5) is 4.01. The number of allylic oxidation sites excluding steroid dienone is 1. The maximum absolute atomic E-state index is 5.93. The molecule has 1 rings (SSSR count). The number of rotatable bonds is 2. The zero-order chi connectivity index (χ0) is 9.14. The predicted molar refractivity (Wildman–Crippen MR) is 53.3 cm³/mol. The van der Waals surface area contributed by atoms with Crippen molar-refractivity contribution in [3.05, 3.63) is 35.1 Å². The molecule has 0 saturated heterocycles. The third-order valence-electron chi connectivity index (χ3n) is 1.80. The molecule has 1 nitrogen and oxygen atoms in total. The van der Waals surface area contributed by atoms with E-state index in [0.29, 0.717) is 5.15 Å². The van der Waals surface area contributed by atoms with Gasteiger partial charge in [-0.05, 0) is 30.5 Å². The van der Waals surface area contributed by atoms with Crippen LogP contribution in [0.25, 0.3) is 5.57 Å². The summed E-state index contributed by atoms with van der Waals surface area (Å²) in [6, 6.07) is 1.98. The van der Waals surface area contributed by atoms with Gasteiger partial charge in [0.1, 0.15) is 5.15 Å². The first kappa shape index (κ1) is 9.27. The van der Waals surface area contributed by atoms with Gasteiger partial charge < -0.3 is 0 Å². The minimum atomic E-state index is 0.557. The van der Waals surface area contributed by atoms with E-state index in [0.717, 1.165) is 17.6 Å². The van der Waals surface area contributed by atoms with Crippen LogP contribution in [0.15, 0.2) is 18.8 Å². The lowest BCUT2D eigenvalue weighted by atomic mass is 10.0. The number of aryl methyl sites for hydroxylation is 1. The van der Waals surface area contributed by atoms with Crippen LogP contribution in [0.5, 0.6) is 0 Å². The molecule has 1 aromatic heterocycles. The third-order valence-corrected chi connectivity index (χ3v) is 2.09. The Balaban J connectivity index is 3.29. The van der Waals surface area contributed by atoms with Crippen molar-refractivity contribution in [2.75, 3.05) is 0 Å². The van der Waals surface area contributed by atoms with Crippen LogP contribution >= 0.6 is 11.6 Å². The quantitative estimate of drug-likeness (QED) is 0.638. The first-order valence-electron chi connectivity index (χ1n) is 3.96. The van der Waals surface area contributed by atoms with Gasteiger partial charge in [0.05, 0.1) is 0 Å². The first-order valence-corrected chi connectivity index (χ1v) is 4.33. The van der Waals surface area contributed by atoms with E-state index >= 15 is 0 Å². The SMILES string of the molecule is C=C(C)c1c(CC)ccnc1Cl. The Hall–Kier alpha value is -0.820. The molecule has 0 unspecified atom stereocenters. The summed E-state index contributed by atoms with van der Waals surface area (Å²) in [6.45, 7) is 7.91. The van der Waals surface area contributed by atoms with Crippen molar-refractivity contribution >= 4 is 17.2 Å². The maximum Gasteiger partial charge on any atom is 0.136 e. The van der Waals surface area contributed by atoms with E-state index in [-0.39, 0.29) is 0 Å². The molecular weight excluding hydrogens is 170 g/mol. The normalized spacial score (nSPS) is 9.92. The van der Waals surface area contributed by atoms with Gasteiger partial charge in [-0.2, -0.15) is 0 Å². The van der Waals surface area contributed by atoms with Gasteiger partial charge in [-0.15, -0.1) is 0 Å². The Morgan fingerprint density at radius 2 is 2.33 bits per heavy atom. The van der Waals surface area contributed by atoms with Crippen molar-refractivity contribution in [3.63, 3.8) is 0 Å². The summed E-state index contributed by atoms with van der Waals surface area (Å²) in [6.07, 6.45) is 2.69. The van der Waals surface area contributed by atoms with Crippen molar-refractivity contribution < 1.29 is 0 Å². The van der Waals surface area contributed by atoms with Crippen molar-refractivity contribution in [1.82, 2.24) is 4.98 Å². The molecule has 0 N–H and O–H groups in total. The fourth-order valence-electron chi connectivity index (χ4n) is 1.22. The third kappa shape index (κ3) is 1.67. The molecule has 0 aliphatic heterocycles. The van der Waals surface area contributed by atoms with Crippen molar-refractivity contribution in [1.29, 1.82) is 0 Å². The molecule has 0 fully saturated rings. The van der Waals surface area contributed by atoms with E-state index in [1.807, 2.05) is 13.0 Å². The van der Waals surface area contributed by atoms with Gasteiger partial charge in [0.2, 0.25) is 0 Å². The maximum atomic E-state index is 5.93. The Bertz CT molecular complexity index is 305. The van der Waals surface area contributed by atoms with E-state index in [1.165, 1.54) is 5.56 Å². The van der Waals surface area contributed by atoms with Gasteiger partial charge in [-0.3, -0.25) is 0 Å². The molecule has 0 aromatic carbocycles. The topological polar surface area (TPSA) is 12.9 Å². The minimum absolute atomic E-state index is 0.557. The highest BCUT2D eigenvalue weighted by Gasteiger charge is 2.06. The number of nitrogens with zero attached hydrogens (tertiary/aromatic N) is 1. The van der Waals surface area contributed by atoms with E-state index < -0.39 is 0 Å². The molecule has 12 heavy (non-hydrogen) atoms. The monoisotopic (exact) mass is 181 g/mol. The molecule has 64 valence electrons. The average molecular weight is 182 g/mol. The van der Waals surface area contributed by atoms with E-state index in [9.17, 15) is 0 Å². The molecule has 1 heterocycles.